The molecule has 0 saturated carbocycles. The van der Waals surface area contributed by atoms with Gasteiger partial charge in [-0.05, 0) is 37.0 Å². The number of unbranched alkanes of at least 4 members (excludes halogenated alkanes) is 29. The van der Waals surface area contributed by atoms with Gasteiger partial charge in [0.05, 0.1) is 0 Å². The third-order valence-electron chi connectivity index (χ3n) is 12.5. The average Bonchev–Trinajstić information content (AvgIpc) is 3.22. The molecule has 0 aromatic carbocycles. The van der Waals surface area contributed by atoms with E-state index in [1.54, 1.807) is 0 Å². The molecular weight excluding hydrogens is 745 g/mol. The van der Waals surface area contributed by atoms with E-state index < -0.39 is 6.10 Å². The van der Waals surface area contributed by atoms with Crippen LogP contribution in [0.15, 0.2) is 0 Å². The summed E-state index contributed by atoms with van der Waals surface area (Å²) in [5, 5.41) is 0. The maximum Gasteiger partial charge on any atom is 0.306 e. The average molecular weight is 849 g/mol. The van der Waals surface area contributed by atoms with Crippen molar-refractivity contribution in [2.75, 3.05) is 13.2 Å². The normalized spacial score (nSPS) is 12.6. The number of rotatable bonds is 47. The fourth-order valence-electron chi connectivity index (χ4n) is 8.08. The van der Waals surface area contributed by atoms with E-state index >= 15 is 0 Å². The molecule has 0 fully saturated rings. The first-order valence-electron chi connectivity index (χ1n) is 26.6. The fraction of sp³-hybridized carbons (Fsp3) is 0.944. The van der Waals surface area contributed by atoms with E-state index in [2.05, 4.69) is 41.5 Å². The molecule has 0 saturated heterocycles. The quantitative estimate of drug-likeness (QED) is 0.0345. The van der Waals surface area contributed by atoms with Gasteiger partial charge in [0.1, 0.15) is 13.2 Å². The number of carbonyl (C=O) groups is 3. The van der Waals surface area contributed by atoms with Gasteiger partial charge >= 0.3 is 17.9 Å². The van der Waals surface area contributed by atoms with Gasteiger partial charge in [0.2, 0.25) is 0 Å². The minimum atomic E-state index is -0.763. The summed E-state index contributed by atoms with van der Waals surface area (Å²) in [6, 6.07) is 0. The molecule has 0 amide bonds. The van der Waals surface area contributed by atoms with Crippen molar-refractivity contribution in [2.24, 2.45) is 17.8 Å². The molecular formula is C54H104O6. The molecule has 0 rings (SSSR count). The van der Waals surface area contributed by atoms with Crippen LogP contribution in [0.5, 0.6) is 0 Å². The highest BCUT2D eigenvalue weighted by Crippen LogP contribution is 2.18. The molecule has 2 atom stereocenters. The molecule has 60 heavy (non-hydrogen) atoms. The lowest BCUT2D eigenvalue weighted by Crippen LogP contribution is -2.30. The van der Waals surface area contributed by atoms with Crippen molar-refractivity contribution in [3.63, 3.8) is 0 Å². The smallest absolute Gasteiger partial charge is 0.306 e. The molecule has 0 heterocycles. The topological polar surface area (TPSA) is 78.9 Å². The molecule has 0 radical (unpaired) electrons. The predicted octanol–water partition coefficient (Wildman–Crippen LogP) is 17.2. The van der Waals surface area contributed by atoms with Crippen molar-refractivity contribution < 1.29 is 28.6 Å². The van der Waals surface area contributed by atoms with Crippen LogP contribution in [0.3, 0.4) is 0 Å². The van der Waals surface area contributed by atoms with E-state index in [0.29, 0.717) is 19.3 Å². The number of esters is 3. The summed E-state index contributed by atoms with van der Waals surface area (Å²) in [6.07, 6.45) is 45.2. The van der Waals surface area contributed by atoms with Crippen molar-refractivity contribution in [3.8, 4) is 0 Å². The third kappa shape index (κ3) is 45.9. The van der Waals surface area contributed by atoms with Crippen molar-refractivity contribution in [1.29, 1.82) is 0 Å². The van der Waals surface area contributed by atoms with Gasteiger partial charge in [0.25, 0.3) is 0 Å². The summed E-state index contributed by atoms with van der Waals surface area (Å²) in [6.45, 7) is 13.7. The lowest BCUT2D eigenvalue weighted by Gasteiger charge is -2.18. The van der Waals surface area contributed by atoms with E-state index in [-0.39, 0.29) is 31.1 Å². The number of hydrogen-bond acceptors (Lipinski definition) is 6. The zero-order valence-electron chi connectivity index (χ0n) is 41.3. The highest BCUT2D eigenvalue weighted by Gasteiger charge is 2.19. The Kier molecular flexibility index (Phi) is 44.2. The predicted molar refractivity (Wildman–Crippen MR) is 256 cm³/mol. The van der Waals surface area contributed by atoms with Crippen LogP contribution in [0.2, 0.25) is 0 Å². The Morgan fingerprint density at radius 2 is 0.583 bits per heavy atom. The van der Waals surface area contributed by atoms with E-state index in [4.69, 9.17) is 14.2 Å². The molecule has 0 aromatic rings. The summed E-state index contributed by atoms with van der Waals surface area (Å²) in [5.74, 6) is 1.66. The van der Waals surface area contributed by atoms with Crippen LogP contribution < -0.4 is 0 Å². The second kappa shape index (κ2) is 45.4. The Balaban J connectivity index is 4.31. The molecule has 0 bridgehead atoms. The Morgan fingerprint density at radius 1 is 0.333 bits per heavy atom. The second-order valence-electron chi connectivity index (χ2n) is 19.7. The maximum atomic E-state index is 12.8. The largest absolute Gasteiger partial charge is 0.462 e. The van der Waals surface area contributed by atoms with Gasteiger partial charge in [0, 0.05) is 19.3 Å². The van der Waals surface area contributed by atoms with Crippen LogP contribution in [0, 0.1) is 17.8 Å². The standard InChI is InChI=1S/C54H104O6/c1-7-50(6)42-36-30-24-17-14-15-18-25-31-37-43-52(55)58-46-51(47-59-53(56)44-38-32-26-21-20-23-29-35-41-49(4)5)60-54(57)45-39-33-27-19-13-11-9-8-10-12-16-22-28-34-40-48(2)3/h48-51H,7-47H2,1-6H3/t50?,51-/m0/s1. The highest BCUT2D eigenvalue weighted by atomic mass is 16.6. The molecule has 0 aliphatic rings. The molecule has 0 aliphatic carbocycles. The molecule has 0 aromatic heterocycles. The Morgan fingerprint density at radius 3 is 0.867 bits per heavy atom. The van der Waals surface area contributed by atoms with Gasteiger partial charge in [-0.3, -0.25) is 14.4 Å². The Labute approximate surface area is 374 Å². The number of carbonyl (C=O) groups excluding carboxylic acids is 3. The van der Waals surface area contributed by atoms with Gasteiger partial charge in [-0.1, -0.05) is 253 Å². The minimum Gasteiger partial charge on any atom is -0.462 e. The van der Waals surface area contributed by atoms with Crippen molar-refractivity contribution in [1.82, 2.24) is 0 Å². The van der Waals surface area contributed by atoms with Gasteiger partial charge < -0.3 is 14.2 Å². The molecule has 6 nitrogen and oxygen atoms in total. The van der Waals surface area contributed by atoms with E-state index in [1.807, 2.05) is 0 Å². The lowest BCUT2D eigenvalue weighted by atomic mass is 9.99. The highest BCUT2D eigenvalue weighted by molar-refractivity contribution is 5.71. The third-order valence-corrected chi connectivity index (χ3v) is 12.5. The zero-order chi connectivity index (χ0) is 44.2. The van der Waals surface area contributed by atoms with Crippen LogP contribution in [0.1, 0.15) is 292 Å². The first-order chi connectivity index (χ1) is 29.1. The number of ether oxygens (including phenoxy) is 3. The molecule has 0 N–H and O–H groups in total. The summed E-state index contributed by atoms with van der Waals surface area (Å²) in [4.78, 5) is 38.0. The van der Waals surface area contributed by atoms with Crippen molar-refractivity contribution >= 4 is 17.9 Å². The minimum absolute atomic E-state index is 0.0648. The van der Waals surface area contributed by atoms with Crippen molar-refractivity contribution in [2.45, 2.75) is 298 Å². The summed E-state index contributed by atoms with van der Waals surface area (Å²) in [7, 11) is 0. The molecule has 356 valence electrons. The van der Waals surface area contributed by atoms with Crippen LogP contribution in [-0.2, 0) is 28.6 Å². The monoisotopic (exact) mass is 849 g/mol. The van der Waals surface area contributed by atoms with Crippen LogP contribution in [0.4, 0.5) is 0 Å². The Bertz CT molecular complexity index is 931. The SMILES string of the molecule is CCC(C)CCCCCCCCCCCCC(=O)OC[C@@H](COC(=O)CCCCCCCCCCC(C)C)OC(=O)CCCCCCCCCCCCCCCCC(C)C. The molecule has 6 heteroatoms. The van der Waals surface area contributed by atoms with Gasteiger partial charge in [-0.2, -0.15) is 0 Å². The fourth-order valence-corrected chi connectivity index (χ4v) is 8.08. The van der Waals surface area contributed by atoms with E-state index in [0.717, 1.165) is 75.5 Å². The van der Waals surface area contributed by atoms with Crippen molar-refractivity contribution in [3.05, 3.63) is 0 Å². The molecule has 0 aliphatic heterocycles. The summed E-state index contributed by atoms with van der Waals surface area (Å²) >= 11 is 0. The van der Waals surface area contributed by atoms with Crippen LogP contribution in [0.25, 0.3) is 0 Å². The summed E-state index contributed by atoms with van der Waals surface area (Å²) < 4.78 is 16.8. The first-order valence-corrected chi connectivity index (χ1v) is 26.6. The lowest BCUT2D eigenvalue weighted by molar-refractivity contribution is -0.167. The van der Waals surface area contributed by atoms with Gasteiger partial charge in [-0.15, -0.1) is 0 Å². The van der Waals surface area contributed by atoms with Crippen LogP contribution >= 0.6 is 0 Å². The second-order valence-corrected chi connectivity index (χ2v) is 19.7. The summed E-state index contributed by atoms with van der Waals surface area (Å²) in [5.41, 5.74) is 0. The van der Waals surface area contributed by atoms with E-state index in [1.165, 1.54) is 173 Å². The molecule has 1 unspecified atom stereocenters. The van der Waals surface area contributed by atoms with Gasteiger partial charge in [0.15, 0.2) is 6.10 Å². The molecule has 0 spiro atoms. The van der Waals surface area contributed by atoms with Crippen LogP contribution in [-0.4, -0.2) is 37.2 Å². The zero-order valence-corrected chi connectivity index (χ0v) is 41.3. The van der Waals surface area contributed by atoms with Gasteiger partial charge in [-0.25, -0.2) is 0 Å². The van der Waals surface area contributed by atoms with E-state index in [9.17, 15) is 14.4 Å². The maximum absolute atomic E-state index is 12.8. The first kappa shape index (κ1) is 58.4. The number of hydrogen-bond donors (Lipinski definition) is 0. The Hall–Kier alpha value is -1.59.